The monoisotopic (exact) mass is 400 g/mol. The SMILES string of the molecule is COc1ccc(N2CCN(CC(=O)Nc3ccc(C)c(F)c3)[C@H](C(N)=O)C2)cc1. The van der Waals surface area contributed by atoms with E-state index in [9.17, 15) is 14.0 Å². The molecule has 0 spiro atoms. The van der Waals surface area contributed by atoms with Crippen LogP contribution < -0.4 is 20.7 Å². The summed E-state index contributed by atoms with van der Waals surface area (Å²) in [5.74, 6) is -0.441. The number of primary amides is 1. The zero-order valence-corrected chi connectivity index (χ0v) is 16.5. The fourth-order valence-corrected chi connectivity index (χ4v) is 3.36. The molecule has 0 bridgehead atoms. The number of benzene rings is 2. The largest absolute Gasteiger partial charge is 0.497 e. The van der Waals surface area contributed by atoms with Gasteiger partial charge in [0.15, 0.2) is 0 Å². The first kappa shape index (κ1) is 20.6. The molecule has 0 aliphatic carbocycles. The molecule has 1 aliphatic heterocycles. The second-order valence-electron chi connectivity index (χ2n) is 7.04. The van der Waals surface area contributed by atoms with Crippen molar-refractivity contribution in [3.05, 3.63) is 53.8 Å². The lowest BCUT2D eigenvalue weighted by Gasteiger charge is -2.40. The van der Waals surface area contributed by atoms with Gasteiger partial charge in [-0.1, -0.05) is 6.07 Å². The first-order valence-corrected chi connectivity index (χ1v) is 9.35. The van der Waals surface area contributed by atoms with Crippen LogP contribution in [0.25, 0.3) is 0 Å². The maximum atomic E-state index is 13.7. The quantitative estimate of drug-likeness (QED) is 0.772. The molecule has 0 saturated carbocycles. The third-order valence-corrected chi connectivity index (χ3v) is 5.06. The Balaban J connectivity index is 1.64. The van der Waals surface area contributed by atoms with Crippen LogP contribution in [0.15, 0.2) is 42.5 Å². The summed E-state index contributed by atoms with van der Waals surface area (Å²) in [6.45, 7) is 3.17. The van der Waals surface area contributed by atoms with Gasteiger partial charge in [-0.2, -0.15) is 0 Å². The average Bonchev–Trinajstić information content (AvgIpc) is 2.71. The summed E-state index contributed by atoms with van der Waals surface area (Å²) in [7, 11) is 1.60. The van der Waals surface area contributed by atoms with Crippen molar-refractivity contribution in [2.75, 3.05) is 43.5 Å². The number of rotatable bonds is 6. The number of methoxy groups -OCH3 is 1. The lowest BCUT2D eigenvalue weighted by atomic mass is 10.1. The molecule has 7 nitrogen and oxygen atoms in total. The van der Waals surface area contributed by atoms with Crippen LogP contribution in [0.1, 0.15) is 5.56 Å². The summed E-state index contributed by atoms with van der Waals surface area (Å²) in [4.78, 5) is 28.2. The third kappa shape index (κ3) is 5.03. The Bertz CT molecular complexity index is 888. The Hall–Kier alpha value is -3.13. The van der Waals surface area contributed by atoms with E-state index < -0.39 is 11.9 Å². The van der Waals surface area contributed by atoms with Gasteiger partial charge in [0.1, 0.15) is 17.6 Å². The number of nitrogens with two attached hydrogens (primary N) is 1. The first-order chi connectivity index (χ1) is 13.9. The van der Waals surface area contributed by atoms with Crippen molar-refractivity contribution in [3.63, 3.8) is 0 Å². The highest BCUT2D eigenvalue weighted by Crippen LogP contribution is 2.22. The molecule has 2 aromatic carbocycles. The molecule has 0 radical (unpaired) electrons. The molecule has 29 heavy (non-hydrogen) atoms. The summed E-state index contributed by atoms with van der Waals surface area (Å²) in [5.41, 5.74) is 7.44. The zero-order chi connectivity index (χ0) is 21.0. The van der Waals surface area contributed by atoms with E-state index in [0.29, 0.717) is 30.9 Å². The summed E-state index contributed by atoms with van der Waals surface area (Å²) in [6, 6.07) is 11.5. The van der Waals surface area contributed by atoms with Gasteiger partial charge in [0.05, 0.1) is 13.7 Å². The van der Waals surface area contributed by atoms with Gasteiger partial charge in [0.25, 0.3) is 0 Å². The highest BCUT2D eigenvalue weighted by atomic mass is 19.1. The standard InChI is InChI=1S/C21H25FN4O3/c1-14-3-4-15(11-18(14)22)24-20(27)13-26-10-9-25(12-19(26)21(23)28)16-5-7-17(29-2)8-6-16/h3-8,11,19H,9-10,12-13H2,1-2H3,(H2,23,28)(H,24,27)/t19-/m0/s1. The van der Waals surface area contributed by atoms with Crippen LogP contribution in [0, 0.1) is 12.7 Å². The van der Waals surface area contributed by atoms with Crippen molar-refractivity contribution in [1.29, 1.82) is 0 Å². The molecule has 1 aliphatic rings. The molecule has 1 heterocycles. The number of aryl methyl sites for hydroxylation is 1. The summed E-state index contributed by atoms with van der Waals surface area (Å²) in [5, 5.41) is 2.67. The molecule has 0 unspecified atom stereocenters. The van der Waals surface area contributed by atoms with Crippen molar-refractivity contribution in [2.45, 2.75) is 13.0 Å². The third-order valence-electron chi connectivity index (χ3n) is 5.06. The summed E-state index contributed by atoms with van der Waals surface area (Å²) >= 11 is 0. The number of carbonyl (C=O) groups excluding carboxylic acids is 2. The van der Waals surface area contributed by atoms with Crippen molar-refractivity contribution >= 4 is 23.2 Å². The van der Waals surface area contributed by atoms with Gasteiger partial charge in [-0.25, -0.2) is 4.39 Å². The lowest BCUT2D eigenvalue weighted by molar-refractivity contribution is -0.125. The van der Waals surface area contributed by atoms with Crippen LogP contribution in [0.4, 0.5) is 15.8 Å². The number of nitrogens with one attached hydrogen (secondary N) is 1. The predicted molar refractivity (Wildman–Crippen MR) is 110 cm³/mol. The normalized spacial score (nSPS) is 17.1. The second kappa shape index (κ2) is 8.91. The molecule has 2 amide bonds. The molecule has 1 atom stereocenters. The van der Waals surface area contributed by atoms with Gasteiger partial charge in [0.2, 0.25) is 11.8 Å². The molecule has 1 saturated heterocycles. The number of amides is 2. The lowest BCUT2D eigenvalue weighted by Crippen LogP contribution is -2.59. The number of carbonyl (C=O) groups is 2. The Morgan fingerprint density at radius 3 is 2.55 bits per heavy atom. The van der Waals surface area contributed by atoms with E-state index >= 15 is 0 Å². The van der Waals surface area contributed by atoms with Gasteiger partial charge in [-0.3, -0.25) is 14.5 Å². The smallest absolute Gasteiger partial charge is 0.238 e. The molecular weight excluding hydrogens is 375 g/mol. The fraction of sp³-hybridized carbons (Fsp3) is 0.333. The molecule has 3 rings (SSSR count). The number of nitrogens with zero attached hydrogens (tertiary/aromatic N) is 2. The van der Waals surface area contributed by atoms with Crippen molar-refractivity contribution in [3.8, 4) is 5.75 Å². The van der Waals surface area contributed by atoms with Crippen LogP contribution in [0.3, 0.4) is 0 Å². The molecule has 0 aromatic heterocycles. The van der Waals surface area contributed by atoms with Crippen LogP contribution >= 0.6 is 0 Å². The Morgan fingerprint density at radius 1 is 1.21 bits per heavy atom. The molecule has 3 N–H and O–H groups in total. The minimum Gasteiger partial charge on any atom is -0.497 e. The van der Waals surface area contributed by atoms with Gasteiger partial charge in [0, 0.05) is 31.0 Å². The maximum absolute atomic E-state index is 13.7. The summed E-state index contributed by atoms with van der Waals surface area (Å²) in [6.07, 6.45) is 0. The maximum Gasteiger partial charge on any atom is 0.238 e. The number of hydrogen-bond donors (Lipinski definition) is 2. The zero-order valence-electron chi connectivity index (χ0n) is 16.5. The van der Waals surface area contributed by atoms with Gasteiger partial charge < -0.3 is 20.7 Å². The van der Waals surface area contributed by atoms with Gasteiger partial charge >= 0.3 is 0 Å². The minimum atomic E-state index is -0.605. The molecule has 1 fully saturated rings. The Labute approximate surface area is 169 Å². The number of piperazine rings is 1. The van der Waals surface area contributed by atoms with Crippen molar-refractivity contribution in [1.82, 2.24) is 4.90 Å². The topological polar surface area (TPSA) is 87.9 Å². The van der Waals surface area contributed by atoms with Crippen molar-refractivity contribution < 1.29 is 18.7 Å². The van der Waals surface area contributed by atoms with Crippen LogP contribution in [-0.2, 0) is 9.59 Å². The number of anilines is 2. The molecular formula is C21H25FN4O3. The van der Waals surface area contributed by atoms with Gasteiger partial charge in [-0.05, 0) is 48.9 Å². The Morgan fingerprint density at radius 2 is 1.93 bits per heavy atom. The number of halogens is 1. The Kier molecular flexibility index (Phi) is 6.33. The molecule has 154 valence electrons. The van der Waals surface area contributed by atoms with E-state index in [0.717, 1.165) is 11.4 Å². The van der Waals surface area contributed by atoms with E-state index in [2.05, 4.69) is 10.2 Å². The van der Waals surface area contributed by atoms with E-state index in [4.69, 9.17) is 10.5 Å². The van der Waals surface area contributed by atoms with Crippen LogP contribution in [-0.4, -0.2) is 56.0 Å². The van der Waals surface area contributed by atoms with E-state index in [1.165, 1.54) is 6.07 Å². The average molecular weight is 400 g/mol. The molecule has 2 aromatic rings. The fourth-order valence-electron chi connectivity index (χ4n) is 3.36. The highest BCUT2D eigenvalue weighted by Gasteiger charge is 2.32. The van der Waals surface area contributed by atoms with E-state index in [-0.39, 0.29) is 18.3 Å². The highest BCUT2D eigenvalue weighted by molar-refractivity contribution is 5.93. The van der Waals surface area contributed by atoms with Crippen molar-refractivity contribution in [2.24, 2.45) is 5.73 Å². The predicted octanol–water partition coefficient (Wildman–Crippen LogP) is 1.76. The van der Waals surface area contributed by atoms with Gasteiger partial charge in [-0.15, -0.1) is 0 Å². The van der Waals surface area contributed by atoms with E-state index in [1.54, 1.807) is 31.1 Å². The van der Waals surface area contributed by atoms with Crippen LogP contribution in [0.5, 0.6) is 5.75 Å². The van der Waals surface area contributed by atoms with E-state index in [1.807, 2.05) is 24.3 Å². The van der Waals surface area contributed by atoms with Crippen LogP contribution in [0.2, 0.25) is 0 Å². The number of hydrogen-bond acceptors (Lipinski definition) is 5. The number of ether oxygens (including phenoxy) is 1. The minimum absolute atomic E-state index is 0.000442. The second-order valence-corrected chi connectivity index (χ2v) is 7.04. The molecule has 8 heteroatoms. The summed E-state index contributed by atoms with van der Waals surface area (Å²) < 4.78 is 18.8. The first-order valence-electron chi connectivity index (χ1n) is 9.35.